The molecule has 0 spiro atoms. The molecular formula is C10H13F2NO3S. The summed E-state index contributed by atoms with van der Waals surface area (Å²) in [6, 6.07) is 2.25. The Morgan fingerprint density at radius 1 is 1.41 bits per heavy atom. The summed E-state index contributed by atoms with van der Waals surface area (Å²) >= 11 is 0. The number of nitrogens with one attached hydrogen (secondary N) is 1. The van der Waals surface area contributed by atoms with Crippen molar-refractivity contribution in [1.82, 2.24) is 4.72 Å². The van der Waals surface area contributed by atoms with Crippen molar-refractivity contribution in [2.24, 2.45) is 0 Å². The number of methoxy groups -OCH3 is 1. The van der Waals surface area contributed by atoms with Crippen LogP contribution in [0.3, 0.4) is 0 Å². The molecule has 0 fully saturated rings. The maximum atomic E-state index is 13.3. The predicted molar refractivity (Wildman–Crippen MR) is 58.0 cm³/mol. The second-order valence-corrected chi connectivity index (χ2v) is 5.21. The molecule has 1 rings (SSSR count). The molecule has 96 valence electrons. The summed E-state index contributed by atoms with van der Waals surface area (Å²) in [5, 5.41) is 0. The first kappa shape index (κ1) is 14.0. The zero-order valence-electron chi connectivity index (χ0n) is 9.41. The van der Waals surface area contributed by atoms with Gasteiger partial charge in [-0.1, -0.05) is 0 Å². The van der Waals surface area contributed by atoms with E-state index < -0.39 is 26.6 Å². The SMILES string of the molecule is COC(C)CNS(=O)(=O)c1cc(F)ccc1F. The third-order valence-electron chi connectivity index (χ3n) is 2.15. The maximum Gasteiger partial charge on any atom is 0.243 e. The van der Waals surface area contributed by atoms with Crippen LogP contribution in [0, 0.1) is 11.6 Å². The van der Waals surface area contributed by atoms with Gasteiger partial charge in [-0.2, -0.15) is 0 Å². The molecule has 17 heavy (non-hydrogen) atoms. The molecule has 0 aromatic heterocycles. The summed E-state index contributed by atoms with van der Waals surface area (Å²) in [5.74, 6) is -1.81. The Morgan fingerprint density at radius 3 is 2.65 bits per heavy atom. The summed E-state index contributed by atoms with van der Waals surface area (Å²) < 4.78 is 56.4. The van der Waals surface area contributed by atoms with Crippen LogP contribution in [0.1, 0.15) is 6.92 Å². The minimum atomic E-state index is -4.06. The zero-order valence-corrected chi connectivity index (χ0v) is 10.2. The molecule has 0 radical (unpaired) electrons. The van der Waals surface area contributed by atoms with E-state index in [-0.39, 0.29) is 12.6 Å². The van der Waals surface area contributed by atoms with Crippen molar-refractivity contribution in [3.63, 3.8) is 0 Å². The molecule has 0 aliphatic rings. The number of hydrogen-bond donors (Lipinski definition) is 1. The maximum absolute atomic E-state index is 13.3. The van der Waals surface area contributed by atoms with Gasteiger partial charge in [0.2, 0.25) is 10.0 Å². The van der Waals surface area contributed by atoms with E-state index in [4.69, 9.17) is 4.74 Å². The van der Waals surface area contributed by atoms with Gasteiger partial charge in [-0.3, -0.25) is 0 Å². The van der Waals surface area contributed by atoms with Gasteiger partial charge in [-0.15, -0.1) is 0 Å². The molecule has 1 aromatic rings. The minimum Gasteiger partial charge on any atom is -0.380 e. The van der Waals surface area contributed by atoms with Crippen LogP contribution < -0.4 is 4.72 Å². The van der Waals surface area contributed by atoms with Crippen molar-refractivity contribution in [3.8, 4) is 0 Å². The molecule has 0 bridgehead atoms. The van der Waals surface area contributed by atoms with Crippen LogP contribution in [0.5, 0.6) is 0 Å². The van der Waals surface area contributed by atoms with Crippen molar-refractivity contribution in [3.05, 3.63) is 29.8 Å². The van der Waals surface area contributed by atoms with Crippen molar-refractivity contribution < 1.29 is 21.9 Å². The molecule has 1 atom stereocenters. The van der Waals surface area contributed by atoms with Crippen LogP contribution in [0.2, 0.25) is 0 Å². The molecule has 0 aliphatic carbocycles. The zero-order chi connectivity index (χ0) is 13.1. The number of benzene rings is 1. The highest BCUT2D eigenvalue weighted by atomic mass is 32.2. The molecule has 0 saturated heterocycles. The number of sulfonamides is 1. The third-order valence-corrected chi connectivity index (χ3v) is 3.58. The normalized spacial score (nSPS) is 13.6. The van der Waals surface area contributed by atoms with Crippen LogP contribution in [-0.4, -0.2) is 28.2 Å². The van der Waals surface area contributed by atoms with Gasteiger partial charge >= 0.3 is 0 Å². The molecule has 0 aliphatic heterocycles. The lowest BCUT2D eigenvalue weighted by molar-refractivity contribution is 0.122. The molecule has 1 unspecified atom stereocenters. The van der Waals surface area contributed by atoms with E-state index in [9.17, 15) is 17.2 Å². The van der Waals surface area contributed by atoms with Crippen LogP contribution in [0.4, 0.5) is 8.78 Å². The van der Waals surface area contributed by atoms with E-state index in [1.54, 1.807) is 6.92 Å². The average Bonchev–Trinajstić information content (AvgIpc) is 2.29. The first-order valence-electron chi connectivity index (χ1n) is 4.84. The second-order valence-electron chi connectivity index (χ2n) is 3.47. The fourth-order valence-corrected chi connectivity index (χ4v) is 2.27. The number of ether oxygens (including phenoxy) is 1. The van der Waals surface area contributed by atoms with Gasteiger partial charge in [-0.05, 0) is 25.1 Å². The van der Waals surface area contributed by atoms with E-state index in [1.807, 2.05) is 0 Å². The standard InChI is InChI=1S/C10H13F2NO3S/c1-7(16-2)6-13-17(14,15)10-5-8(11)3-4-9(10)12/h3-5,7,13H,6H2,1-2H3. The van der Waals surface area contributed by atoms with Gasteiger partial charge < -0.3 is 4.74 Å². The summed E-state index contributed by atoms with van der Waals surface area (Å²) in [7, 11) is -2.65. The lowest BCUT2D eigenvalue weighted by Crippen LogP contribution is -2.32. The predicted octanol–water partition coefficient (Wildman–Crippen LogP) is 1.28. The Balaban J connectivity index is 2.93. The first-order chi connectivity index (χ1) is 7.86. The van der Waals surface area contributed by atoms with Gasteiger partial charge in [0.15, 0.2) is 0 Å². The van der Waals surface area contributed by atoms with Crippen molar-refractivity contribution >= 4 is 10.0 Å². The number of hydrogen-bond acceptors (Lipinski definition) is 3. The summed E-state index contributed by atoms with van der Waals surface area (Å²) in [4.78, 5) is -0.708. The Bertz CT molecular complexity index is 490. The molecule has 1 N–H and O–H groups in total. The van der Waals surface area contributed by atoms with Gasteiger partial charge in [0, 0.05) is 13.7 Å². The van der Waals surface area contributed by atoms with Crippen molar-refractivity contribution in [2.75, 3.05) is 13.7 Å². The van der Waals surface area contributed by atoms with Gasteiger partial charge in [0.25, 0.3) is 0 Å². The fraction of sp³-hybridized carbons (Fsp3) is 0.400. The highest BCUT2D eigenvalue weighted by Gasteiger charge is 2.20. The van der Waals surface area contributed by atoms with E-state index in [1.165, 1.54) is 7.11 Å². The monoisotopic (exact) mass is 265 g/mol. The summed E-state index contributed by atoms with van der Waals surface area (Å²) in [6.45, 7) is 1.62. The Labute approximate surface area is 98.6 Å². The van der Waals surface area contributed by atoms with E-state index in [0.717, 1.165) is 12.1 Å². The number of halogens is 2. The van der Waals surface area contributed by atoms with Crippen molar-refractivity contribution in [2.45, 2.75) is 17.9 Å². The molecule has 0 amide bonds. The van der Waals surface area contributed by atoms with E-state index >= 15 is 0 Å². The summed E-state index contributed by atoms with van der Waals surface area (Å²) in [5.41, 5.74) is 0. The van der Waals surface area contributed by atoms with E-state index in [2.05, 4.69) is 4.72 Å². The highest BCUT2D eigenvalue weighted by molar-refractivity contribution is 7.89. The van der Waals surface area contributed by atoms with E-state index in [0.29, 0.717) is 6.07 Å². The van der Waals surface area contributed by atoms with Crippen molar-refractivity contribution in [1.29, 1.82) is 0 Å². The van der Waals surface area contributed by atoms with Gasteiger partial charge in [0.05, 0.1) is 6.10 Å². The Morgan fingerprint density at radius 2 is 2.06 bits per heavy atom. The molecule has 0 heterocycles. The highest BCUT2D eigenvalue weighted by Crippen LogP contribution is 2.15. The topological polar surface area (TPSA) is 55.4 Å². The lowest BCUT2D eigenvalue weighted by Gasteiger charge is -2.11. The molecule has 1 aromatic carbocycles. The summed E-state index contributed by atoms with van der Waals surface area (Å²) in [6.07, 6.45) is -0.360. The Kier molecular flexibility index (Phi) is 4.55. The Hall–Kier alpha value is -1.05. The quantitative estimate of drug-likeness (QED) is 0.872. The fourth-order valence-electron chi connectivity index (χ4n) is 1.07. The largest absolute Gasteiger partial charge is 0.380 e. The third kappa shape index (κ3) is 3.72. The van der Waals surface area contributed by atoms with Gasteiger partial charge in [-0.25, -0.2) is 21.9 Å². The van der Waals surface area contributed by atoms with Gasteiger partial charge in [0.1, 0.15) is 16.5 Å². The van der Waals surface area contributed by atoms with Crippen LogP contribution in [-0.2, 0) is 14.8 Å². The van der Waals surface area contributed by atoms with Crippen LogP contribution in [0.15, 0.2) is 23.1 Å². The smallest absolute Gasteiger partial charge is 0.243 e. The number of rotatable bonds is 5. The molecular weight excluding hydrogens is 252 g/mol. The second kappa shape index (κ2) is 5.52. The van der Waals surface area contributed by atoms with Crippen LogP contribution in [0.25, 0.3) is 0 Å². The molecule has 0 saturated carbocycles. The average molecular weight is 265 g/mol. The molecule has 4 nitrogen and oxygen atoms in total. The molecule has 7 heteroatoms. The van der Waals surface area contributed by atoms with Crippen LogP contribution >= 0.6 is 0 Å². The lowest BCUT2D eigenvalue weighted by atomic mass is 10.3. The minimum absolute atomic E-state index is 0.0191. The first-order valence-corrected chi connectivity index (χ1v) is 6.32.